The van der Waals surface area contributed by atoms with Gasteiger partial charge in [-0.2, -0.15) is 10.2 Å². The third-order valence-electron chi connectivity index (χ3n) is 4.50. The highest BCUT2D eigenvalue weighted by molar-refractivity contribution is 6.35. The second kappa shape index (κ2) is 8.51. The molecule has 0 bridgehead atoms. The van der Waals surface area contributed by atoms with Crippen LogP contribution in [0, 0.1) is 20.8 Å². The second-order valence-corrected chi connectivity index (χ2v) is 7.50. The van der Waals surface area contributed by atoms with E-state index in [9.17, 15) is 13.6 Å². The van der Waals surface area contributed by atoms with E-state index in [4.69, 9.17) is 23.2 Å². The number of nitrogens with one attached hydrogen (secondary N) is 1. The fraction of sp³-hybridized carbons (Fsp3) is 0.316. The molecule has 1 aromatic carbocycles. The summed E-state index contributed by atoms with van der Waals surface area (Å²) < 4.78 is 28.5. The fourth-order valence-electron chi connectivity index (χ4n) is 2.96. The number of hydrogen-bond acceptors (Lipinski definition) is 3. The Morgan fingerprint density at radius 1 is 1.14 bits per heavy atom. The molecule has 1 amide bonds. The summed E-state index contributed by atoms with van der Waals surface area (Å²) in [5, 5.41) is 12.1. The molecule has 0 spiro atoms. The van der Waals surface area contributed by atoms with Crippen molar-refractivity contribution in [2.24, 2.45) is 0 Å². The number of carbonyl (C=O) groups excluding carboxylic acids is 1. The molecule has 0 aliphatic carbocycles. The third kappa shape index (κ3) is 4.76. The van der Waals surface area contributed by atoms with Gasteiger partial charge in [0.1, 0.15) is 12.2 Å². The van der Waals surface area contributed by atoms with Gasteiger partial charge in [-0.05, 0) is 44.5 Å². The molecular weight excluding hydrogens is 423 g/mol. The van der Waals surface area contributed by atoms with Crippen molar-refractivity contribution in [1.82, 2.24) is 19.6 Å². The van der Waals surface area contributed by atoms with Crippen LogP contribution in [-0.2, 0) is 17.9 Å². The van der Waals surface area contributed by atoms with E-state index < -0.39 is 6.43 Å². The average molecular weight is 442 g/mol. The third-order valence-corrected chi connectivity index (χ3v) is 5.09. The van der Waals surface area contributed by atoms with E-state index in [1.807, 2.05) is 13.0 Å². The fourth-order valence-corrected chi connectivity index (χ4v) is 3.43. The summed E-state index contributed by atoms with van der Waals surface area (Å²) in [6.07, 6.45) is -2.68. The Labute approximate surface area is 176 Å². The Balaban J connectivity index is 1.75. The normalized spacial score (nSPS) is 11.3. The Bertz CT molecular complexity index is 1060. The van der Waals surface area contributed by atoms with Crippen LogP contribution >= 0.6 is 23.2 Å². The summed E-state index contributed by atoms with van der Waals surface area (Å²) in [5.74, 6) is -0.382. The summed E-state index contributed by atoms with van der Waals surface area (Å²) in [4.78, 5) is 12.4. The maximum atomic E-state index is 12.8. The van der Waals surface area contributed by atoms with Gasteiger partial charge in [0.2, 0.25) is 5.91 Å². The zero-order valence-corrected chi connectivity index (χ0v) is 17.5. The van der Waals surface area contributed by atoms with Crippen LogP contribution in [0.1, 0.15) is 34.8 Å². The van der Waals surface area contributed by atoms with Gasteiger partial charge in [0.05, 0.1) is 23.6 Å². The van der Waals surface area contributed by atoms with E-state index in [2.05, 4.69) is 15.5 Å². The molecule has 0 fully saturated rings. The molecule has 3 rings (SSSR count). The Morgan fingerprint density at radius 3 is 2.48 bits per heavy atom. The van der Waals surface area contributed by atoms with Crippen LogP contribution in [-0.4, -0.2) is 25.5 Å². The number of alkyl halides is 2. The standard InChI is InChI=1S/C19H19Cl2F2N5O/c1-10-6-16(19(22)23)26-27(10)9-17(29)24-18-11(2)25-28(12(18)3)8-13-4-5-14(20)7-15(13)21/h4-7,19H,8-9H2,1-3H3,(H,24,29). The lowest BCUT2D eigenvalue weighted by atomic mass is 10.2. The van der Waals surface area contributed by atoms with Crippen molar-refractivity contribution in [3.8, 4) is 0 Å². The Kier molecular flexibility index (Phi) is 6.24. The van der Waals surface area contributed by atoms with E-state index in [0.717, 1.165) is 11.3 Å². The van der Waals surface area contributed by atoms with Crippen LogP contribution in [0.5, 0.6) is 0 Å². The lowest BCUT2D eigenvalue weighted by Gasteiger charge is -2.09. The highest BCUT2D eigenvalue weighted by Gasteiger charge is 2.18. The van der Waals surface area contributed by atoms with Crippen LogP contribution in [0.15, 0.2) is 24.3 Å². The van der Waals surface area contributed by atoms with Gasteiger partial charge in [0.25, 0.3) is 6.43 Å². The zero-order valence-electron chi connectivity index (χ0n) is 16.0. The number of halogens is 4. The molecule has 29 heavy (non-hydrogen) atoms. The summed E-state index contributed by atoms with van der Waals surface area (Å²) in [5.41, 5.74) is 2.91. The quantitative estimate of drug-likeness (QED) is 0.589. The summed E-state index contributed by atoms with van der Waals surface area (Å²) in [6, 6.07) is 6.49. The summed E-state index contributed by atoms with van der Waals surface area (Å²) in [6.45, 7) is 5.46. The van der Waals surface area contributed by atoms with Gasteiger partial charge in [-0.25, -0.2) is 8.78 Å². The molecule has 0 saturated heterocycles. The molecule has 6 nitrogen and oxygen atoms in total. The van der Waals surface area contributed by atoms with E-state index in [0.29, 0.717) is 33.7 Å². The number of nitrogens with zero attached hydrogens (tertiary/aromatic N) is 4. The molecule has 0 atom stereocenters. The van der Waals surface area contributed by atoms with Crippen molar-refractivity contribution in [3.63, 3.8) is 0 Å². The number of carbonyl (C=O) groups is 1. The van der Waals surface area contributed by atoms with Gasteiger partial charge in [-0.15, -0.1) is 0 Å². The van der Waals surface area contributed by atoms with Gasteiger partial charge in [-0.3, -0.25) is 14.2 Å². The van der Waals surface area contributed by atoms with Crippen molar-refractivity contribution in [1.29, 1.82) is 0 Å². The predicted molar refractivity (Wildman–Crippen MR) is 108 cm³/mol. The molecule has 0 saturated carbocycles. The largest absolute Gasteiger partial charge is 0.321 e. The van der Waals surface area contributed by atoms with Gasteiger partial charge in [0.15, 0.2) is 0 Å². The molecule has 0 aliphatic heterocycles. The van der Waals surface area contributed by atoms with E-state index in [1.54, 1.807) is 30.7 Å². The van der Waals surface area contributed by atoms with Gasteiger partial charge >= 0.3 is 0 Å². The first kappa shape index (κ1) is 21.3. The highest BCUT2D eigenvalue weighted by atomic mass is 35.5. The predicted octanol–water partition coefficient (Wildman–Crippen LogP) is 4.94. The first-order chi connectivity index (χ1) is 13.7. The van der Waals surface area contributed by atoms with Crippen molar-refractivity contribution in [2.75, 3.05) is 5.32 Å². The molecule has 2 heterocycles. The number of aryl methyl sites for hydroxylation is 2. The minimum absolute atomic E-state index is 0.175. The van der Waals surface area contributed by atoms with Crippen molar-refractivity contribution < 1.29 is 13.6 Å². The number of benzene rings is 1. The highest BCUT2D eigenvalue weighted by Crippen LogP contribution is 2.25. The second-order valence-electron chi connectivity index (χ2n) is 6.66. The molecule has 0 unspecified atom stereocenters. The minimum atomic E-state index is -2.68. The number of amides is 1. The van der Waals surface area contributed by atoms with Gasteiger partial charge < -0.3 is 5.32 Å². The van der Waals surface area contributed by atoms with Gasteiger partial charge in [0, 0.05) is 15.7 Å². The van der Waals surface area contributed by atoms with Crippen LogP contribution in [0.4, 0.5) is 14.5 Å². The maximum absolute atomic E-state index is 12.8. The van der Waals surface area contributed by atoms with Crippen LogP contribution in [0.3, 0.4) is 0 Å². The van der Waals surface area contributed by atoms with Crippen LogP contribution < -0.4 is 5.32 Å². The topological polar surface area (TPSA) is 64.7 Å². The average Bonchev–Trinajstić information content (AvgIpc) is 3.12. The molecule has 0 aliphatic rings. The van der Waals surface area contributed by atoms with E-state index in [-0.39, 0.29) is 18.1 Å². The van der Waals surface area contributed by atoms with E-state index in [1.165, 1.54) is 10.7 Å². The molecule has 1 N–H and O–H groups in total. The first-order valence-corrected chi connectivity index (χ1v) is 9.51. The molecule has 154 valence electrons. The van der Waals surface area contributed by atoms with E-state index >= 15 is 0 Å². The zero-order chi connectivity index (χ0) is 21.3. The van der Waals surface area contributed by atoms with Crippen molar-refractivity contribution in [3.05, 3.63) is 62.6 Å². The smallest absolute Gasteiger partial charge is 0.282 e. The number of rotatable bonds is 6. The van der Waals surface area contributed by atoms with Crippen molar-refractivity contribution in [2.45, 2.75) is 40.3 Å². The Morgan fingerprint density at radius 2 is 1.86 bits per heavy atom. The first-order valence-electron chi connectivity index (χ1n) is 8.76. The van der Waals surface area contributed by atoms with Crippen molar-refractivity contribution >= 4 is 34.8 Å². The lowest BCUT2D eigenvalue weighted by Crippen LogP contribution is -2.21. The summed E-state index contributed by atoms with van der Waals surface area (Å²) in [7, 11) is 0. The number of aromatic nitrogens is 4. The number of hydrogen-bond donors (Lipinski definition) is 1. The molecule has 2 aromatic heterocycles. The molecule has 10 heteroatoms. The minimum Gasteiger partial charge on any atom is -0.321 e. The van der Waals surface area contributed by atoms with Crippen LogP contribution in [0.2, 0.25) is 10.0 Å². The van der Waals surface area contributed by atoms with Crippen LogP contribution in [0.25, 0.3) is 0 Å². The lowest BCUT2D eigenvalue weighted by molar-refractivity contribution is -0.117. The van der Waals surface area contributed by atoms with Gasteiger partial charge in [-0.1, -0.05) is 29.3 Å². The number of anilines is 1. The summed E-state index contributed by atoms with van der Waals surface area (Å²) >= 11 is 12.2. The Hall–Kier alpha value is -2.45. The SMILES string of the molecule is Cc1nn(Cc2ccc(Cl)cc2Cl)c(C)c1NC(=O)Cn1nc(C(F)F)cc1C. The molecule has 3 aromatic rings. The monoisotopic (exact) mass is 441 g/mol. The maximum Gasteiger partial charge on any atom is 0.282 e. The molecule has 0 radical (unpaired) electrons. The molecular formula is C19H19Cl2F2N5O.